The lowest BCUT2D eigenvalue weighted by Gasteiger charge is -2.25. The van der Waals surface area contributed by atoms with Gasteiger partial charge in [0.15, 0.2) is 0 Å². The van der Waals surface area contributed by atoms with Crippen molar-refractivity contribution in [2.24, 2.45) is 5.92 Å². The van der Waals surface area contributed by atoms with E-state index in [0.717, 1.165) is 11.4 Å². The Morgan fingerprint density at radius 2 is 2.16 bits per heavy atom. The molecule has 19 heavy (non-hydrogen) atoms. The van der Waals surface area contributed by atoms with Gasteiger partial charge in [-0.15, -0.1) is 0 Å². The zero-order valence-electron chi connectivity index (χ0n) is 11.6. The number of fused-ring (bicyclic) bond motifs is 2. The first-order valence-electron chi connectivity index (χ1n) is 7.29. The molecule has 1 saturated carbocycles. The van der Waals surface area contributed by atoms with Gasteiger partial charge in [-0.3, -0.25) is 9.88 Å². The Hall–Kier alpha value is -1.41. The van der Waals surface area contributed by atoms with Crippen LogP contribution in [0.1, 0.15) is 25.8 Å². The molecule has 0 spiro atoms. The molecule has 1 aliphatic heterocycles. The Morgan fingerprint density at radius 3 is 2.95 bits per heavy atom. The largest absolute Gasteiger partial charge is 0.300 e. The molecule has 1 unspecified atom stereocenters. The summed E-state index contributed by atoms with van der Waals surface area (Å²) in [4.78, 5) is 7.13. The second-order valence-electron chi connectivity index (χ2n) is 6.46. The van der Waals surface area contributed by atoms with Crippen LogP contribution in [-0.4, -0.2) is 29.0 Å². The maximum absolute atomic E-state index is 4.50. The second kappa shape index (κ2) is 3.80. The fourth-order valence-electron chi connectivity index (χ4n) is 3.87. The zero-order chi connectivity index (χ0) is 13.0. The molecule has 98 valence electrons. The van der Waals surface area contributed by atoms with Crippen molar-refractivity contribution in [1.29, 1.82) is 0 Å². The van der Waals surface area contributed by atoms with Gasteiger partial charge in [-0.05, 0) is 43.9 Å². The topological polar surface area (TPSA) is 16.1 Å². The highest BCUT2D eigenvalue weighted by Crippen LogP contribution is 2.60. The predicted octanol–water partition coefficient (Wildman–Crippen LogP) is 3.22. The number of likely N-dealkylation sites (tertiary alicyclic amines) is 1. The molecule has 2 atom stereocenters. The van der Waals surface area contributed by atoms with Gasteiger partial charge in [0.2, 0.25) is 0 Å². The monoisotopic (exact) mass is 252 g/mol. The second-order valence-corrected chi connectivity index (χ2v) is 6.46. The molecule has 2 aliphatic rings. The quantitative estimate of drug-likeness (QED) is 0.816. The molecule has 0 N–H and O–H groups in total. The summed E-state index contributed by atoms with van der Waals surface area (Å²) in [5.74, 6) is 0.862. The highest BCUT2D eigenvalue weighted by Gasteiger charge is 2.61. The van der Waals surface area contributed by atoms with E-state index in [2.05, 4.69) is 54.1 Å². The van der Waals surface area contributed by atoms with Crippen molar-refractivity contribution in [3.63, 3.8) is 0 Å². The number of pyridine rings is 1. The molecule has 1 saturated heterocycles. The van der Waals surface area contributed by atoms with Crippen LogP contribution in [0.2, 0.25) is 0 Å². The van der Waals surface area contributed by atoms with Gasteiger partial charge in [-0.25, -0.2) is 0 Å². The van der Waals surface area contributed by atoms with Crippen LogP contribution >= 0.6 is 0 Å². The third-order valence-corrected chi connectivity index (χ3v) is 5.08. The third kappa shape index (κ3) is 1.56. The molecule has 1 aliphatic carbocycles. The molecule has 2 fully saturated rings. The molecule has 2 aromatic rings. The smallest absolute Gasteiger partial charge is 0.0704 e. The van der Waals surface area contributed by atoms with Crippen molar-refractivity contribution in [1.82, 2.24) is 9.88 Å². The summed E-state index contributed by atoms with van der Waals surface area (Å²) < 4.78 is 0. The molecular weight excluding hydrogens is 232 g/mol. The Morgan fingerprint density at radius 1 is 1.26 bits per heavy atom. The van der Waals surface area contributed by atoms with Crippen LogP contribution in [0.25, 0.3) is 10.9 Å². The first-order valence-corrected chi connectivity index (χ1v) is 7.29. The van der Waals surface area contributed by atoms with Crippen molar-refractivity contribution in [2.45, 2.75) is 31.7 Å². The van der Waals surface area contributed by atoms with Gasteiger partial charge in [-0.1, -0.05) is 18.2 Å². The van der Waals surface area contributed by atoms with Crippen LogP contribution in [0.5, 0.6) is 0 Å². The fourth-order valence-corrected chi connectivity index (χ4v) is 3.87. The van der Waals surface area contributed by atoms with Crippen LogP contribution in [0, 0.1) is 5.92 Å². The van der Waals surface area contributed by atoms with E-state index in [-0.39, 0.29) is 0 Å². The van der Waals surface area contributed by atoms with Crippen molar-refractivity contribution in [3.05, 3.63) is 42.1 Å². The molecule has 0 amide bonds. The Balaban J connectivity index is 1.80. The van der Waals surface area contributed by atoms with E-state index >= 15 is 0 Å². The van der Waals surface area contributed by atoms with Crippen molar-refractivity contribution in [3.8, 4) is 0 Å². The number of nitrogens with zero attached hydrogens (tertiary/aromatic N) is 2. The molecular formula is C17H20N2. The van der Waals surface area contributed by atoms with Crippen molar-refractivity contribution in [2.75, 3.05) is 13.1 Å². The van der Waals surface area contributed by atoms with Crippen LogP contribution in [-0.2, 0) is 5.41 Å². The van der Waals surface area contributed by atoms with Gasteiger partial charge >= 0.3 is 0 Å². The molecule has 1 aromatic heterocycles. The van der Waals surface area contributed by atoms with E-state index in [0.29, 0.717) is 11.5 Å². The molecule has 2 heterocycles. The number of hydrogen-bond donors (Lipinski definition) is 0. The van der Waals surface area contributed by atoms with Crippen molar-refractivity contribution < 1.29 is 0 Å². The minimum absolute atomic E-state index is 0.423. The highest BCUT2D eigenvalue weighted by molar-refractivity contribution is 5.84. The highest BCUT2D eigenvalue weighted by atomic mass is 15.2. The van der Waals surface area contributed by atoms with Crippen LogP contribution < -0.4 is 0 Å². The molecule has 4 rings (SSSR count). The first kappa shape index (κ1) is 11.4. The first-order chi connectivity index (χ1) is 9.21. The summed E-state index contributed by atoms with van der Waals surface area (Å²) in [7, 11) is 0. The maximum Gasteiger partial charge on any atom is 0.0704 e. The lowest BCUT2D eigenvalue weighted by atomic mass is 9.91. The lowest BCUT2D eigenvalue weighted by Crippen LogP contribution is -2.32. The Labute approximate surface area is 114 Å². The standard InChI is InChI=1S/C17H20N2/c1-12(2)19-10-13-9-17(13,11-19)15-6-3-7-16-14(15)5-4-8-18-16/h3-8,12-13H,9-11H2,1-2H3/t13-,17?/m1/s1. The van der Waals surface area contributed by atoms with Gasteiger partial charge in [0, 0.05) is 36.1 Å². The molecule has 0 radical (unpaired) electrons. The van der Waals surface area contributed by atoms with Crippen LogP contribution in [0.3, 0.4) is 0 Å². The van der Waals surface area contributed by atoms with E-state index in [1.807, 2.05) is 6.20 Å². The molecule has 2 nitrogen and oxygen atoms in total. The summed E-state index contributed by atoms with van der Waals surface area (Å²) in [6, 6.07) is 11.6. The average molecular weight is 252 g/mol. The SMILES string of the molecule is CC(C)N1C[C@H]2CC2(c2cccc3ncccc23)C1. The molecule has 1 aromatic carbocycles. The zero-order valence-corrected chi connectivity index (χ0v) is 11.6. The summed E-state index contributed by atoms with van der Waals surface area (Å²) in [5, 5.41) is 1.36. The predicted molar refractivity (Wildman–Crippen MR) is 78.2 cm³/mol. The van der Waals surface area contributed by atoms with Gasteiger partial charge in [0.25, 0.3) is 0 Å². The summed E-state index contributed by atoms with van der Waals surface area (Å²) in [6.07, 6.45) is 3.26. The van der Waals surface area contributed by atoms with Crippen LogP contribution in [0.15, 0.2) is 36.5 Å². The normalized spacial score (nSPS) is 29.9. The molecule has 2 heteroatoms. The number of benzene rings is 1. The van der Waals surface area contributed by atoms with Crippen molar-refractivity contribution >= 4 is 10.9 Å². The fraction of sp³-hybridized carbons (Fsp3) is 0.471. The van der Waals surface area contributed by atoms with E-state index < -0.39 is 0 Å². The van der Waals surface area contributed by atoms with Gasteiger partial charge < -0.3 is 0 Å². The summed E-state index contributed by atoms with van der Waals surface area (Å²) >= 11 is 0. The average Bonchev–Trinajstić information content (AvgIpc) is 3.00. The number of hydrogen-bond acceptors (Lipinski definition) is 2. The minimum atomic E-state index is 0.423. The van der Waals surface area contributed by atoms with E-state index in [9.17, 15) is 0 Å². The van der Waals surface area contributed by atoms with E-state index in [4.69, 9.17) is 0 Å². The van der Waals surface area contributed by atoms with E-state index in [1.54, 1.807) is 0 Å². The van der Waals surface area contributed by atoms with Gasteiger partial charge in [0.05, 0.1) is 5.52 Å². The summed E-state index contributed by atoms with van der Waals surface area (Å²) in [5.41, 5.74) is 3.10. The lowest BCUT2D eigenvalue weighted by molar-refractivity contribution is 0.243. The Bertz CT molecular complexity index is 629. The maximum atomic E-state index is 4.50. The molecule has 0 bridgehead atoms. The van der Waals surface area contributed by atoms with Crippen LogP contribution in [0.4, 0.5) is 0 Å². The number of aromatic nitrogens is 1. The minimum Gasteiger partial charge on any atom is -0.300 e. The van der Waals surface area contributed by atoms with Gasteiger partial charge in [-0.2, -0.15) is 0 Å². The Kier molecular flexibility index (Phi) is 2.28. The third-order valence-electron chi connectivity index (χ3n) is 5.08. The number of rotatable bonds is 2. The summed E-state index contributed by atoms with van der Waals surface area (Å²) in [6.45, 7) is 7.11. The van der Waals surface area contributed by atoms with Gasteiger partial charge in [0.1, 0.15) is 0 Å². The number of piperidine rings is 1. The van der Waals surface area contributed by atoms with E-state index in [1.165, 1.54) is 30.5 Å².